The molecule has 144 valence electrons. The van der Waals surface area contributed by atoms with Crippen LogP contribution in [0.4, 0.5) is 0 Å². The first-order valence-electron chi connectivity index (χ1n) is 7.52. The molecule has 26 heavy (non-hydrogen) atoms. The fourth-order valence-electron chi connectivity index (χ4n) is 2.14. The van der Waals surface area contributed by atoms with E-state index in [0.29, 0.717) is 16.4 Å². The highest BCUT2D eigenvalue weighted by Gasteiger charge is 2.52. The first-order valence-corrected chi connectivity index (χ1v) is 9.56. The minimum absolute atomic E-state index is 0. The summed E-state index contributed by atoms with van der Waals surface area (Å²) in [4.78, 5) is 38.2. The number of hydrogen-bond donors (Lipinski definition) is 1. The highest BCUT2D eigenvalue weighted by Crippen LogP contribution is 2.42. The Kier molecular flexibility index (Phi) is 7.89. The molecule has 0 saturated carbocycles. The number of halogens is 1. The Balaban J connectivity index is 0.00000338. The SMILES string of the molecule is C#CCSC1=C(C(=O)OCOC(=O)C(C)(C)C)N2C(=O)[C@@H](N)[C@H]2SC1.Cl. The predicted molar refractivity (Wildman–Crippen MR) is 103 cm³/mol. The van der Waals surface area contributed by atoms with Crippen molar-refractivity contribution in [2.45, 2.75) is 32.2 Å². The summed E-state index contributed by atoms with van der Waals surface area (Å²) in [7, 11) is 0. The molecule has 1 amide bonds. The lowest BCUT2D eigenvalue weighted by molar-refractivity contribution is -0.173. The molecule has 2 aliphatic heterocycles. The molecule has 7 nitrogen and oxygen atoms in total. The van der Waals surface area contributed by atoms with Crippen LogP contribution in [0, 0.1) is 17.8 Å². The summed E-state index contributed by atoms with van der Waals surface area (Å²) in [5.74, 6) is 1.80. The zero-order valence-electron chi connectivity index (χ0n) is 14.6. The van der Waals surface area contributed by atoms with Gasteiger partial charge in [-0.1, -0.05) is 5.92 Å². The lowest BCUT2D eigenvalue weighted by Crippen LogP contribution is -2.68. The number of amides is 1. The maximum absolute atomic E-state index is 12.5. The van der Waals surface area contributed by atoms with Crippen molar-refractivity contribution in [3.63, 3.8) is 0 Å². The fraction of sp³-hybridized carbons (Fsp3) is 0.562. The second kappa shape index (κ2) is 9.04. The topological polar surface area (TPSA) is 98.9 Å². The second-order valence-corrected chi connectivity index (χ2v) is 8.61. The number of nitrogens with two attached hydrogens (primary N) is 1. The summed E-state index contributed by atoms with van der Waals surface area (Å²) < 4.78 is 9.98. The van der Waals surface area contributed by atoms with Gasteiger partial charge in [-0.3, -0.25) is 14.5 Å². The van der Waals surface area contributed by atoms with Crippen LogP contribution in [0.25, 0.3) is 0 Å². The average molecular weight is 421 g/mol. The number of terminal acetylenes is 1. The lowest BCUT2D eigenvalue weighted by atomic mass is 9.98. The zero-order valence-corrected chi connectivity index (χ0v) is 17.1. The van der Waals surface area contributed by atoms with Crippen LogP contribution >= 0.6 is 35.9 Å². The molecule has 2 aliphatic rings. The molecule has 1 saturated heterocycles. The maximum Gasteiger partial charge on any atom is 0.358 e. The molecule has 2 heterocycles. The van der Waals surface area contributed by atoms with Crippen molar-refractivity contribution in [1.82, 2.24) is 4.90 Å². The Hall–Kier alpha value is -1.34. The van der Waals surface area contributed by atoms with Crippen molar-refractivity contribution in [3.8, 4) is 12.3 Å². The van der Waals surface area contributed by atoms with Crippen molar-refractivity contribution in [1.29, 1.82) is 0 Å². The van der Waals surface area contributed by atoms with E-state index in [1.165, 1.54) is 28.4 Å². The normalized spacial score (nSPS) is 21.8. The van der Waals surface area contributed by atoms with Gasteiger partial charge in [-0.15, -0.1) is 42.4 Å². The van der Waals surface area contributed by atoms with E-state index in [1.54, 1.807) is 20.8 Å². The fourth-order valence-corrected chi connectivity index (χ4v) is 4.39. The van der Waals surface area contributed by atoms with E-state index in [-0.39, 0.29) is 29.4 Å². The molecule has 10 heteroatoms. The van der Waals surface area contributed by atoms with Gasteiger partial charge in [0.15, 0.2) is 0 Å². The van der Waals surface area contributed by atoms with Crippen molar-refractivity contribution < 1.29 is 23.9 Å². The molecular formula is C16H21ClN2O5S2. The van der Waals surface area contributed by atoms with Crippen LogP contribution in [0.2, 0.25) is 0 Å². The number of thioether (sulfide) groups is 2. The van der Waals surface area contributed by atoms with Gasteiger partial charge in [0.05, 0.1) is 11.2 Å². The quantitative estimate of drug-likeness (QED) is 0.307. The molecule has 0 aromatic heterocycles. The van der Waals surface area contributed by atoms with Crippen molar-refractivity contribution in [3.05, 3.63) is 10.6 Å². The third-order valence-electron chi connectivity index (χ3n) is 3.49. The van der Waals surface area contributed by atoms with Crippen LogP contribution in [-0.4, -0.2) is 52.5 Å². The van der Waals surface area contributed by atoms with Crippen molar-refractivity contribution in [2.24, 2.45) is 11.1 Å². The molecule has 0 aromatic carbocycles. The number of carbonyl (C=O) groups excluding carboxylic acids is 3. The Bertz CT molecular complexity index is 669. The van der Waals surface area contributed by atoms with Gasteiger partial charge in [0.2, 0.25) is 12.7 Å². The average Bonchev–Trinajstić information content (AvgIpc) is 2.57. The number of nitrogens with zero attached hydrogens (tertiary/aromatic N) is 1. The van der Waals surface area contributed by atoms with E-state index < -0.39 is 30.2 Å². The molecular weight excluding hydrogens is 400 g/mol. The minimum Gasteiger partial charge on any atom is -0.427 e. The van der Waals surface area contributed by atoms with Gasteiger partial charge in [-0.05, 0) is 20.8 Å². The number of ether oxygens (including phenoxy) is 2. The smallest absolute Gasteiger partial charge is 0.358 e. The third kappa shape index (κ3) is 4.68. The van der Waals surface area contributed by atoms with Crippen LogP contribution in [0.5, 0.6) is 0 Å². The van der Waals surface area contributed by atoms with E-state index in [4.69, 9.17) is 21.6 Å². The Morgan fingerprint density at radius 3 is 2.65 bits per heavy atom. The van der Waals surface area contributed by atoms with Crippen molar-refractivity contribution >= 4 is 53.8 Å². The lowest BCUT2D eigenvalue weighted by Gasteiger charge is -2.48. The third-order valence-corrected chi connectivity index (χ3v) is 5.97. The Labute approximate surface area is 167 Å². The number of esters is 2. The molecule has 0 aliphatic carbocycles. The summed E-state index contributed by atoms with van der Waals surface area (Å²) >= 11 is 2.78. The second-order valence-electron chi connectivity index (χ2n) is 6.43. The maximum atomic E-state index is 12.5. The van der Waals surface area contributed by atoms with E-state index in [0.717, 1.165) is 0 Å². The Morgan fingerprint density at radius 2 is 2.08 bits per heavy atom. The number of β-lactam (4-membered cyclic amide) rings is 1. The van der Waals surface area contributed by atoms with E-state index >= 15 is 0 Å². The number of fused-ring (bicyclic) bond motifs is 1. The van der Waals surface area contributed by atoms with E-state index in [1.807, 2.05) is 0 Å². The summed E-state index contributed by atoms with van der Waals surface area (Å²) in [6.45, 7) is 4.56. The molecule has 0 aromatic rings. The van der Waals surface area contributed by atoms with E-state index in [9.17, 15) is 14.4 Å². The largest absolute Gasteiger partial charge is 0.427 e. The van der Waals surface area contributed by atoms with Crippen LogP contribution < -0.4 is 5.73 Å². The zero-order chi connectivity index (χ0) is 18.8. The standard InChI is InChI=1S/C16H20N2O5S2.ClH/c1-5-6-24-9-7-25-13-10(17)12(19)18(13)11(9)14(20)22-8-23-15(21)16(2,3)4;/h1,10,13H,6-8,17H2,2-4H3;1H/t10-,13-;/m1./s1. The van der Waals surface area contributed by atoms with Gasteiger partial charge in [-0.2, -0.15) is 0 Å². The highest BCUT2D eigenvalue weighted by molar-refractivity contribution is 8.06. The van der Waals surface area contributed by atoms with Crippen LogP contribution in [-0.2, 0) is 23.9 Å². The number of hydrogen-bond acceptors (Lipinski definition) is 8. The summed E-state index contributed by atoms with van der Waals surface area (Å²) in [6, 6.07) is -0.634. The van der Waals surface area contributed by atoms with Gasteiger partial charge in [0, 0.05) is 10.7 Å². The molecule has 2 rings (SSSR count). The summed E-state index contributed by atoms with van der Waals surface area (Å²) in [5, 5.41) is -0.289. The summed E-state index contributed by atoms with van der Waals surface area (Å²) in [5.41, 5.74) is 5.22. The molecule has 0 unspecified atom stereocenters. The first kappa shape index (κ1) is 22.7. The van der Waals surface area contributed by atoms with Gasteiger partial charge in [0.1, 0.15) is 17.1 Å². The van der Waals surface area contributed by atoms with Crippen molar-refractivity contribution in [2.75, 3.05) is 18.3 Å². The van der Waals surface area contributed by atoms with Gasteiger partial charge >= 0.3 is 11.9 Å². The molecule has 1 fully saturated rings. The van der Waals surface area contributed by atoms with Crippen LogP contribution in [0.15, 0.2) is 10.6 Å². The highest BCUT2D eigenvalue weighted by atomic mass is 35.5. The Morgan fingerprint density at radius 1 is 1.42 bits per heavy atom. The van der Waals surface area contributed by atoms with Gasteiger partial charge in [-0.25, -0.2) is 4.79 Å². The molecule has 0 bridgehead atoms. The monoisotopic (exact) mass is 420 g/mol. The molecule has 0 radical (unpaired) electrons. The molecule has 2 atom stereocenters. The van der Waals surface area contributed by atoms with Gasteiger partial charge in [0.25, 0.3) is 0 Å². The molecule has 0 spiro atoms. The number of carbonyl (C=O) groups is 3. The van der Waals surface area contributed by atoms with Gasteiger partial charge < -0.3 is 15.2 Å². The van der Waals surface area contributed by atoms with Crippen LogP contribution in [0.1, 0.15) is 20.8 Å². The summed E-state index contributed by atoms with van der Waals surface area (Å²) in [6.07, 6.45) is 5.27. The van der Waals surface area contributed by atoms with Crippen LogP contribution in [0.3, 0.4) is 0 Å². The first-order chi connectivity index (χ1) is 11.7. The molecule has 2 N–H and O–H groups in total. The van der Waals surface area contributed by atoms with E-state index in [2.05, 4.69) is 5.92 Å². The minimum atomic E-state index is -0.730. The number of rotatable bonds is 5. The predicted octanol–water partition coefficient (Wildman–Crippen LogP) is 1.32.